The van der Waals surface area contributed by atoms with E-state index in [0.29, 0.717) is 17.2 Å². The molecule has 16 heavy (non-hydrogen) atoms. The van der Waals surface area contributed by atoms with Gasteiger partial charge in [0.15, 0.2) is 11.5 Å². The highest BCUT2D eigenvalue weighted by Crippen LogP contribution is 2.34. The largest absolute Gasteiger partial charge is 0.493 e. The minimum Gasteiger partial charge on any atom is -0.493 e. The van der Waals surface area contributed by atoms with E-state index in [1.165, 1.54) is 21.3 Å². The summed E-state index contributed by atoms with van der Waals surface area (Å²) in [5, 5.41) is 8.90. The molecular weight excluding hydrogens is 210 g/mol. The number of hydrogen-bond acceptors (Lipinski definition) is 3. The Morgan fingerprint density at radius 2 is 1.75 bits per heavy atom. The van der Waals surface area contributed by atoms with E-state index < -0.39 is 6.09 Å². The van der Waals surface area contributed by atoms with Gasteiger partial charge in [0.05, 0.1) is 19.9 Å². The van der Waals surface area contributed by atoms with Crippen LogP contribution in [0, 0.1) is 6.92 Å². The zero-order valence-electron chi connectivity index (χ0n) is 9.77. The zero-order chi connectivity index (χ0) is 12.3. The molecule has 1 N–H and O–H groups in total. The van der Waals surface area contributed by atoms with Crippen LogP contribution < -0.4 is 14.4 Å². The number of aryl methyl sites for hydroxylation is 1. The third-order valence-electron chi connectivity index (χ3n) is 2.35. The number of rotatable bonds is 3. The lowest BCUT2D eigenvalue weighted by Gasteiger charge is -2.18. The lowest BCUT2D eigenvalue weighted by atomic mass is 10.1. The van der Waals surface area contributed by atoms with Crippen molar-refractivity contribution in [3.8, 4) is 11.5 Å². The summed E-state index contributed by atoms with van der Waals surface area (Å²) in [5.74, 6) is 1.10. The SMILES string of the molecule is COc1cc(C)c(N(C)C(=O)O)cc1OC. The Kier molecular flexibility index (Phi) is 3.60. The van der Waals surface area contributed by atoms with E-state index >= 15 is 0 Å². The highest BCUT2D eigenvalue weighted by molar-refractivity contribution is 5.87. The topological polar surface area (TPSA) is 59.0 Å². The molecule has 0 saturated heterocycles. The summed E-state index contributed by atoms with van der Waals surface area (Å²) in [6, 6.07) is 3.38. The average molecular weight is 225 g/mol. The van der Waals surface area contributed by atoms with Crippen molar-refractivity contribution in [1.29, 1.82) is 0 Å². The standard InChI is InChI=1S/C11H15NO4/c1-7-5-9(15-3)10(16-4)6-8(7)12(2)11(13)14/h5-6H,1-4H3,(H,13,14). The van der Waals surface area contributed by atoms with Crippen LogP contribution in [0.1, 0.15) is 5.56 Å². The van der Waals surface area contributed by atoms with Crippen LogP contribution in [0.3, 0.4) is 0 Å². The molecule has 1 amide bonds. The van der Waals surface area contributed by atoms with Gasteiger partial charge < -0.3 is 14.6 Å². The molecule has 0 saturated carbocycles. The zero-order valence-corrected chi connectivity index (χ0v) is 9.77. The summed E-state index contributed by atoms with van der Waals surface area (Å²) < 4.78 is 10.2. The fraction of sp³-hybridized carbons (Fsp3) is 0.364. The van der Waals surface area contributed by atoms with Gasteiger partial charge >= 0.3 is 6.09 Å². The van der Waals surface area contributed by atoms with Gasteiger partial charge in [0.1, 0.15) is 0 Å². The minimum absolute atomic E-state index is 0.510. The van der Waals surface area contributed by atoms with E-state index in [-0.39, 0.29) is 0 Å². The monoisotopic (exact) mass is 225 g/mol. The number of amides is 1. The molecule has 5 nitrogen and oxygen atoms in total. The summed E-state index contributed by atoms with van der Waals surface area (Å²) >= 11 is 0. The van der Waals surface area contributed by atoms with Crippen LogP contribution in [0.25, 0.3) is 0 Å². The maximum Gasteiger partial charge on any atom is 0.411 e. The van der Waals surface area contributed by atoms with Crippen LogP contribution in [-0.4, -0.2) is 32.5 Å². The van der Waals surface area contributed by atoms with E-state index in [4.69, 9.17) is 14.6 Å². The van der Waals surface area contributed by atoms with Gasteiger partial charge in [-0.3, -0.25) is 4.90 Å². The maximum atomic E-state index is 10.9. The Morgan fingerprint density at radius 3 is 2.19 bits per heavy atom. The second-order valence-electron chi connectivity index (χ2n) is 3.34. The second kappa shape index (κ2) is 4.74. The second-order valence-corrected chi connectivity index (χ2v) is 3.34. The first-order valence-corrected chi connectivity index (χ1v) is 4.70. The Labute approximate surface area is 94.2 Å². The number of hydrogen-bond donors (Lipinski definition) is 1. The molecule has 1 aromatic carbocycles. The average Bonchev–Trinajstić information content (AvgIpc) is 2.27. The number of carbonyl (C=O) groups is 1. The molecule has 0 radical (unpaired) electrons. The van der Waals surface area contributed by atoms with Crippen molar-refractivity contribution >= 4 is 11.8 Å². The summed E-state index contributed by atoms with van der Waals surface area (Å²) in [4.78, 5) is 12.0. The van der Waals surface area contributed by atoms with Crippen LogP contribution in [0.5, 0.6) is 11.5 Å². The van der Waals surface area contributed by atoms with Crippen molar-refractivity contribution in [2.75, 3.05) is 26.2 Å². The molecule has 0 fully saturated rings. The summed E-state index contributed by atoms with van der Waals surface area (Å²) in [6.45, 7) is 1.82. The molecule has 0 unspecified atom stereocenters. The molecule has 5 heteroatoms. The lowest BCUT2D eigenvalue weighted by molar-refractivity contribution is 0.203. The van der Waals surface area contributed by atoms with Gasteiger partial charge in [0.25, 0.3) is 0 Å². The fourth-order valence-electron chi connectivity index (χ4n) is 1.43. The molecule has 0 bridgehead atoms. The first-order chi connectivity index (χ1) is 7.51. The van der Waals surface area contributed by atoms with Gasteiger partial charge in [-0.15, -0.1) is 0 Å². The molecule has 0 aliphatic carbocycles. The maximum absolute atomic E-state index is 10.9. The molecule has 0 aliphatic rings. The summed E-state index contributed by atoms with van der Waals surface area (Å²) in [5.41, 5.74) is 1.38. The molecule has 88 valence electrons. The predicted octanol–water partition coefficient (Wildman–Crippen LogP) is 2.13. The highest BCUT2D eigenvalue weighted by Gasteiger charge is 2.15. The molecule has 0 atom stereocenters. The van der Waals surface area contributed by atoms with Crippen LogP contribution >= 0.6 is 0 Å². The molecule has 0 heterocycles. The van der Waals surface area contributed by atoms with Crippen LogP contribution in [0.4, 0.5) is 10.5 Å². The smallest absolute Gasteiger partial charge is 0.411 e. The van der Waals surface area contributed by atoms with E-state index in [9.17, 15) is 4.79 Å². The van der Waals surface area contributed by atoms with E-state index in [0.717, 1.165) is 10.5 Å². The fourth-order valence-corrected chi connectivity index (χ4v) is 1.43. The Morgan fingerprint density at radius 1 is 1.25 bits per heavy atom. The van der Waals surface area contributed by atoms with Crippen molar-refractivity contribution in [3.05, 3.63) is 17.7 Å². The normalized spacial score (nSPS) is 9.75. The number of benzene rings is 1. The van der Waals surface area contributed by atoms with Crippen molar-refractivity contribution in [2.24, 2.45) is 0 Å². The molecular formula is C11H15NO4. The van der Waals surface area contributed by atoms with Crippen LogP contribution in [0.2, 0.25) is 0 Å². The van der Waals surface area contributed by atoms with Gasteiger partial charge in [-0.1, -0.05) is 0 Å². The lowest BCUT2D eigenvalue weighted by Crippen LogP contribution is -2.24. The van der Waals surface area contributed by atoms with Crippen LogP contribution in [0.15, 0.2) is 12.1 Å². The van der Waals surface area contributed by atoms with Gasteiger partial charge in [-0.25, -0.2) is 4.79 Å². The van der Waals surface area contributed by atoms with Crippen molar-refractivity contribution in [3.63, 3.8) is 0 Å². The number of ether oxygens (including phenoxy) is 2. The quantitative estimate of drug-likeness (QED) is 0.856. The Balaban J connectivity index is 3.26. The van der Waals surface area contributed by atoms with Gasteiger partial charge in [-0.2, -0.15) is 0 Å². The van der Waals surface area contributed by atoms with Gasteiger partial charge in [0.2, 0.25) is 0 Å². The van der Waals surface area contributed by atoms with Crippen molar-refractivity contribution in [1.82, 2.24) is 0 Å². The third-order valence-corrected chi connectivity index (χ3v) is 2.35. The van der Waals surface area contributed by atoms with E-state index in [1.54, 1.807) is 12.1 Å². The van der Waals surface area contributed by atoms with Crippen molar-refractivity contribution < 1.29 is 19.4 Å². The first-order valence-electron chi connectivity index (χ1n) is 4.70. The summed E-state index contributed by atoms with van der Waals surface area (Å²) in [6.07, 6.45) is -1.02. The minimum atomic E-state index is -1.02. The molecule has 0 aliphatic heterocycles. The van der Waals surface area contributed by atoms with Crippen LogP contribution in [-0.2, 0) is 0 Å². The molecule has 1 aromatic rings. The van der Waals surface area contributed by atoms with E-state index in [1.807, 2.05) is 6.92 Å². The molecule has 0 spiro atoms. The highest BCUT2D eigenvalue weighted by atomic mass is 16.5. The van der Waals surface area contributed by atoms with Gasteiger partial charge in [-0.05, 0) is 18.6 Å². The molecule has 0 aromatic heterocycles. The molecule has 1 rings (SSSR count). The number of carboxylic acid groups (broad SMARTS) is 1. The first kappa shape index (κ1) is 12.2. The third kappa shape index (κ3) is 2.18. The predicted molar refractivity (Wildman–Crippen MR) is 60.7 cm³/mol. The number of nitrogens with zero attached hydrogens (tertiary/aromatic N) is 1. The Hall–Kier alpha value is -1.91. The Bertz CT molecular complexity index is 403. The van der Waals surface area contributed by atoms with Crippen molar-refractivity contribution in [2.45, 2.75) is 6.92 Å². The summed E-state index contributed by atoms with van der Waals surface area (Å²) in [7, 11) is 4.53. The van der Waals surface area contributed by atoms with Gasteiger partial charge in [0, 0.05) is 13.1 Å². The van der Waals surface area contributed by atoms with E-state index in [2.05, 4.69) is 0 Å². The number of anilines is 1. The number of methoxy groups -OCH3 is 2.